The number of H-pyrrole nitrogens is 1. The number of nitrogens with zero attached hydrogens (tertiary/aromatic N) is 4. The molecule has 0 saturated carbocycles. The molecule has 4 rings (SSSR count). The van der Waals surface area contributed by atoms with E-state index in [2.05, 4.69) is 15.2 Å². The topological polar surface area (TPSA) is 114 Å². The standard InChI is InChI=1S/C23H12ClF4N5O3/c24-14-4-12(9-29)5-17(7-14)36-19-20(23(26,27)28)30-11-33(22(19)35)10-16-8-18(21(34)32-31-16)13-2-1-3-15(25)6-13/h1-8,11H,10H2,(H,32,34). The first kappa shape index (κ1) is 24.6. The van der Waals surface area contributed by atoms with Gasteiger partial charge in [0.2, 0.25) is 5.75 Å². The molecule has 0 radical (unpaired) electrons. The van der Waals surface area contributed by atoms with Crippen molar-refractivity contribution in [2.75, 3.05) is 0 Å². The first-order valence-corrected chi connectivity index (χ1v) is 10.3. The predicted octanol–water partition coefficient (Wildman–Crippen LogP) is 4.52. The molecule has 0 aliphatic heterocycles. The maximum atomic E-state index is 13.6. The normalized spacial score (nSPS) is 11.2. The number of ether oxygens (including phenoxy) is 1. The summed E-state index contributed by atoms with van der Waals surface area (Å²) in [5.41, 5.74) is -3.10. The first-order chi connectivity index (χ1) is 17.0. The SMILES string of the molecule is N#Cc1cc(Cl)cc(Oc2c(C(F)(F)F)ncn(Cc3cc(-c4cccc(F)c4)c(=O)[nH]n3)c2=O)c1. The summed E-state index contributed by atoms with van der Waals surface area (Å²) in [5, 5.41) is 15.1. The van der Waals surface area contributed by atoms with E-state index in [1.165, 1.54) is 30.3 Å². The Morgan fingerprint density at radius 2 is 1.92 bits per heavy atom. The fourth-order valence-electron chi connectivity index (χ4n) is 3.25. The zero-order chi connectivity index (χ0) is 26.0. The maximum absolute atomic E-state index is 13.6. The Labute approximate surface area is 204 Å². The second-order valence-electron chi connectivity index (χ2n) is 7.36. The highest BCUT2D eigenvalue weighted by Crippen LogP contribution is 2.35. The van der Waals surface area contributed by atoms with Gasteiger partial charge in [0.25, 0.3) is 11.1 Å². The largest absolute Gasteiger partial charge is 0.449 e. The minimum absolute atomic E-state index is 0.00223. The van der Waals surface area contributed by atoms with E-state index in [-0.39, 0.29) is 33.2 Å². The molecule has 8 nitrogen and oxygen atoms in total. The summed E-state index contributed by atoms with van der Waals surface area (Å²) in [6, 6.07) is 11.7. The zero-order valence-electron chi connectivity index (χ0n) is 17.8. The van der Waals surface area contributed by atoms with Crippen molar-refractivity contribution in [2.45, 2.75) is 12.7 Å². The Balaban J connectivity index is 1.77. The molecule has 0 aliphatic carbocycles. The molecule has 0 spiro atoms. The minimum atomic E-state index is -5.04. The van der Waals surface area contributed by atoms with Gasteiger partial charge in [-0.1, -0.05) is 23.7 Å². The number of rotatable bonds is 5. The summed E-state index contributed by atoms with van der Waals surface area (Å²) in [4.78, 5) is 28.5. The van der Waals surface area contributed by atoms with E-state index in [9.17, 15) is 27.2 Å². The van der Waals surface area contributed by atoms with Crippen molar-refractivity contribution in [1.82, 2.24) is 19.7 Å². The molecule has 13 heteroatoms. The number of hydrogen-bond acceptors (Lipinski definition) is 6. The van der Waals surface area contributed by atoms with E-state index < -0.39 is 41.1 Å². The summed E-state index contributed by atoms with van der Waals surface area (Å²) in [5.74, 6) is -2.02. The van der Waals surface area contributed by atoms with Gasteiger partial charge in [0, 0.05) is 5.02 Å². The van der Waals surface area contributed by atoms with Crippen LogP contribution in [0.3, 0.4) is 0 Å². The minimum Gasteiger partial charge on any atom is -0.449 e. The molecular weight excluding hydrogens is 506 g/mol. The van der Waals surface area contributed by atoms with Crippen LogP contribution in [0, 0.1) is 17.1 Å². The highest BCUT2D eigenvalue weighted by molar-refractivity contribution is 6.30. The van der Waals surface area contributed by atoms with Gasteiger partial charge in [0.1, 0.15) is 11.6 Å². The van der Waals surface area contributed by atoms with E-state index in [0.29, 0.717) is 6.33 Å². The molecule has 2 aromatic carbocycles. The molecule has 182 valence electrons. The third-order valence-electron chi connectivity index (χ3n) is 4.81. The number of alkyl halides is 3. The van der Waals surface area contributed by atoms with Gasteiger partial charge in [0.15, 0.2) is 5.69 Å². The van der Waals surface area contributed by atoms with Gasteiger partial charge in [-0.3, -0.25) is 14.2 Å². The molecule has 36 heavy (non-hydrogen) atoms. The molecule has 0 aliphatic rings. The van der Waals surface area contributed by atoms with Crippen LogP contribution in [-0.2, 0) is 12.7 Å². The van der Waals surface area contributed by atoms with Gasteiger partial charge in [0.05, 0.1) is 35.8 Å². The van der Waals surface area contributed by atoms with Crippen LogP contribution >= 0.6 is 11.6 Å². The van der Waals surface area contributed by atoms with Crippen LogP contribution in [0.5, 0.6) is 11.5 Å². The number of aromatic amines is 1. The number of aromatic nitrogens is 4. The van der Waals surface area contributed by atoms with Crippen LogP contribution in [0.15, 0.2) is 64.4 Å². The quantitative estimate of drug-likeness (QED) is 0.389. The Bertz CT molecular complexity index is 1630. The highest BCUT2D eigenvalue weighted by Gasteiger charge is 2.38. The molecule has 2 aromatic heterocycles. The molecule has 0 unspecified atom stereocenters. The number of hydrogen-bond donors (Lipinski definition) is 1. The molecule has 1 N–H and O–H groups in total. The molecule has 2 heterocycles. The van der Waals surface area contributed by atoms with Gasteiger partial charge >= 0.3 is 6.18 Å². The van der Waals surface area contributed by atoms with Crippen LogP contribution in [0.2, 0.25) is 5.02 Å². The fraction of sp³-hybridized carbons (Fsp3) is 0.0870. The maximum Gasteiger partial charge on any atom is 0.437 e. The van der Waals surface area contributed by atoms with Crippen LogP contribution in [-0.4, -0.2) is 19.7 Å². The summed E-state index contributed by atoms with van der Waals surface area (Å²) >= 11 is 5.88. The number of benzene rings is 2. The van der Waals surface area contributed by atoms with Crippen molar-refractivity contribution < 1.29 is 22.3 Å². The Morgan fingerprint density at radius 1 is 1.14 bits per heavy atom. The lowest BCUT2D eigenvalue weighted by molar-refractivity contribution is -0.142. The van der Waals surface area contributed by atoms with Gasteiger partial charge in [-0.15, -0.1) is 0 Å². The van der Waals surface area contributed by atoms with Crippen LogP contribution < -0.4 is 15.9 Å². The summed E-state index contributed by atoms with van der Waals surface area (Å²) in [7, 11) is 0. The molecule has 0 amide bonds. The van der Waals surface area contributed by atoms with Crippen molar-refractivity contribution in [3.8, 4) is 28.7 Å². The number of nitriles is 1. The van der Waals surface area contributed by atoms with E-state index in [1.54, 1.807) is 6.07 Å². The second kappa shape index (κ2) is 9.63. The summed E-state index contributed by atoms with van der Waals surface area (Å²) in [6.45, 7) is -0.404. The van der Waals surface area contributed by atoms with Gasteiger partial charge in [-0.2, -0.15) is 23.5 Å². The average molecular weight is 518 g/mol. The Kier molecular flexibility index (Phi) is 6.59. The van der Waals surface area contributed by atoms with E-state index in [0.717, 1.165) is 22.8 Å². The van der Waals surface area contributed by atoms with E-state index in [1.807, 2.05) is 0 Å². The molecule has 0 bridgehead atoms. The van der Waals surface area contributed by atoms with Gasteiger partial charge in [-0.25, -0.2) is 14.5 Å². The molecule has 0 saturated heterocycles. The van der Waals surface area contributed by atoms with Crippen molar-refractivity contribution >= 4 is 11.6 Å². The lowest BCUT2D eigenvalue weighted by Crippen LogP contribution is -2.27. The van der Waals surface area contributed by atoms with Gasteiger partial charge < -0.3 is 4.74 Å². The van der Waals surface area contributed by atoms with Crippen molar-refractivity contribution in [2.24, 2.45) is 0 Å². The molecule has 0 fully saturated rings. The lowest BCUT2D eigenvalue weighted by Gasteiger charge is -2.15. The smallest absolute Gasteiger partial charge is 0.437 e. The summed E-state index contributed by atoms with van der Waals surface area (Å²) in [6.07, 6.45) is -4.38. The van der Waals surface area contributed by atoms with Crippen LogP contribution in [0.1, 0.15) is 17.0 Å². The van der Waals surface area contributed by atoms with Crippen LogP contribution in [0.25, 0.3) is 11.1 Å². The van der Waals surface area contributed by atoms with Crippen LogP contribution in [0.4, 0.5) is 17.6 Å². The monoisotopic (exact) mass is 517 g/mol. The zero-order valence-corrected chi connectivity index (χ0v) is 18.6. The van der Waals surface area contributed by atoms with Crippen molar-refractivity contribution in [3.05, 3.63) is 103 Å². The van der Waals surface area contributed by atoms with E-state index in [4.69, 9.17) is 21.6 Å². The Morgan fingerprint density at radius 3 is 2.61 bits per heavy atom. The Hall–Kier alpha value is -4.50. The van der Waals surface area contributed by atoms with E-state index >= 15 is 0 Å². The highest BCUT2D eigenvalue weighted by atomic mass is 35.5. The molecule has 4 aromatic rings. The van der Waals surface area contributed by atoms with Crippen molar-refractivity contribution in [3.63, 3.8) is 0 Å². The lowest BCUT2D eigenvalue weighted by atomic mass is 10.1. The van der Waals surface area contributed by atoms with Gasteiger partial charge in [-0.05, 0) is 42.0 Å². The fourth-order valence-corrected chi connectivity index (χ4v) is 3.48. The third kappa shape index (κ3) is 5.26. The third-order valence-corrected chi connectivity index (χ3v) is 5.03. The average Bonchev–Trinajstić information content (AvgIpc) is 2.81. The predicted molar refractivity (Wildman–Crippen MR) is 119 cm³/mol. The number of nitrogens with one attached hydrogen (secondary N) is 1. The first-order valence-electron chi connectivity index (χ1n) is 9.95. The summed E-state index contributed by atoms with van der Waals surface area (Å²) < 4.78 is 60.4. The van der Waals surface area contributed by atoms with Crippen molar-refractivity contribution in [1.29, 1.82) is 5.26 Å². The molecule has 0 atom stereocenters. The second-order valence-corrected chi connectivity index (χ2v) is 7.79. The molecular formula is C23H12ClF4N5O3. The number of halogens is 5.